The number of halogens is 1. The fraction of sp³-hybridized carbons (Fsp3) is 0.130. The lowest BCUT2D eigenvalue weighted by Gasteiger charge is -2.13. The van der Waals surface area contributed by atoms with Crippen LogP contribution in [0, 0.1) is 6.92 Å². The molecule has 0 unspecified atom stereocenters. The van der Waals surface area contributed by atoms with Crippen LogP contribution in [0.4, 0.5) is 4.79 Å². The van der Waals surface area contributed by atoms with Crippen LogP contribution in [0.25, 0.3) is 17.4 Å². The fourth-order valence-electron chi connectivity index (χ4n) is 2.91. The zero-order valence-corrected chi connectivity index (χ0v) is 18.5. The minimum atomic E-state index is -0.334. The summed E-state index contributed by atoms with van der Waals surface area (Å²) >= 11 is 4.32. The van der Waals surface area contributed by atoms with Gasteiger partial charge in [-0.15, -0.1) is 0 Å². The quantitative estimate of drug-likeness (QED) is 0.394. The van der Waals surface area contributed by atoms with Gasteiger partial charge in [0.15, 0.2) is 0 Å². The Balaban J connectivity index is 1.40. The van der Waals surface area contributed by atoms with Crippen molar-refractivity contribution in [3.63, 3.8) is 0 Å². The van der Waals surface area contributed by atoms with E-state index >= 15 is 0 Å². The number of furan rings is 1. The normalized spacial score (nSPS) is 15.3. The van der Waals surface area contributed by atoms with Crippen LogP contribution in [0.3, 0.4) is 0 Å². The summed E-state index contributed by atoms with van der Waals surface area (Å²) in [6.45, 7) is 2.43. The van der Waals surface area contributed by atoms with Gasteiger partial charge in [0.25, 0.3) is 11.1 Å². The number of benzene rings is 2. The van der Waals surface area contributed by atoms with E-state index in [1.165, 1.54) is 4.90 Å². The standard InChI is InChI=1S/C23H18BrNO4S/c1-15-2-8-18(9-3-15)28-13-12-25-22(26)21(30-23(25)27)14-19-10-11-20(29-19)16-4-6-17(24)7-5-16/h2-11,14H,12-13H2,1H3/b21-14-. The van der Waals surface area contributed by atoms with Gasteiger partial charge in [-0.1, -0.05) is 45.8 Å². The van der Waals surface area contributed by atoms with Gasteiger partial charge in [-0.05, 0) is 55.1 Å². The second-order valence-corrected chi connectivity index (χ2v) is 8.61. The van der Waals surface area contributed by atoms with Crippen LogP contribution in [-0.4, -0.2) is 29.2 Å². The van der Waals surface area contributed by atoms with Gasteiger partial charge >= 0.3 is 0 Å². The molecule has 2 heterocycles. The maximum atomic E-state index is 12.6. The lowest BCUT2D eigenvalue weighted by molar-refractivity contribution is -0.123. The van der Waals surface area contributed by atoms with Crippen molar-refractivity contribution in [1.82, 2.24) is 4.90 Å². The number of thioether (sulfide) groups is 1. The third kappa shape index (κ3) is 4.68. The highest BCUT2D eigenvalue weighted by Gasteiger charge is 2.35. The van der Waals surface area contributed by atoms with Gasteiger partial charge in [-0.2, -0.15) is 0 Å². The third-order valence-electron chi connectivity index (χ3n) is 4.51. The van der Waals surface area contributed by atoms with Crippen molar-refractivity contribution >= 4 is 44.9 Å². The lowest BCUT2D eigenvalue weighted by atomic mass is 10.2. The molecule has 4 rings (SSSR count). The van der Waals surface area contributed by atoms with Crippen LogP contribution in [-0.2, 0) is 4.79 Å². The predicted molar refractivity (Wildman–Crippen MR) is 121 cm³/mol. The van der Waals surface area contributed by atoms with Gasteiger partial charge in [-0.25, -0.2) is 0 Å². The minimum Gasteiger partial charge on any atom is -0.492 e. The van der Waals surface area contributed by atoms with Crippen LogP contribution < -0.4 is 4.74 Å². The molecule has 0 saturated carbocycles. The van der Waals surface area contributed by atoms with Crippen molar-refractivity contribution in [3.8, 4) is 17.1 Å². The van der Waals surface area contributed by atoms with E-state index in [1.54, 1.807) is 12.1 Å². The maximum absolute atomic E-state index is 12.6. The summed E-state index contributed by atoms with van der Waals surface area (Å²) in [6.07, 6.45) is 1.61. The second-order valence-electron chi connectivity index (χ2n) is 6.70. The van der Waals surface area contributed by atoms with Crippen molar-refractivity contribution in [2.24, 2.45) is 0 Å². The number of amides is 2. The molecule has 2 amide bonds. The van der Waals surface area contributed by atoms with E-state index in [0.29, 0.717) is 22.2 Å². The molecule has 7 heteroatoms. The Hall–Kier alpha value is -2.77. The molecule has 0 radical (unpaired) electrons. The first-order valence-electron chi connectivity index (χ1n) is 9.30. The molecule has 30 heavy (non-hydrogen) atoms. The van der Waals surface area contributed by atoms with E-state index in [4.69, 9.17) is 9.15 Å². The molecule has 0 N–H and O–H groups in total. The highest BCUT2D eigenvalue weighted by atomic mass is 79.9. The molecular formula is C23H18BrNO4S. The van der Waals surface area contributed by atoms with Crippen LogP contribution in [0.15, 0.2) is 74.5 Å². The molecule has 2 aromatic carbocycles. The van der Waals surface area contributed by atoms with Crippen molar-refractivity contribution in [2.75, 3.05) is 13.2 Å². The second kappa shape index (κ2) is 8.93. The van der Waals surface area contributed by atoms with Crippen LogP contribution >= 0.6 is 27.7 Å². The van der Waals surface area contributed by atoms with Gasteiger partial charge < -0.3 is 9.15 Å². The summed E-state index contributed by atoms with van der Waals surface area (Å²) in [5.41, 5.74) is 2.07. The molecule has 1 aliphatic heterocycles. The summed E-state index contributed by atoms with van der Waals surface area (Å²) in [7, 11) is 0. The molecule has 152 valence electrons. The molecular weight excluding hydrogens is 466 g/mol. The molecule has 5 nitrogen and oxygen atoms in total. The summed E-state index contributed by atoms with van der Waals surface area (Å²) < 4.78 is 12.4. The van der Waals surface area contributed by atoms with Crippen LogP contribution in [0.1, 0.15) is 11.3 Å². The Morgan fingerprint density at radius 1 is 1.03 bits per heavy atom. The Labute approximate surface area is 186 Å². The number of ether oxygens (including phenoxy) is 1. The van der Waals surface area contributed by atoms with E-state index in [9.17, 15) is 9.59 Å². The van der Waals surface area contributed by atoms with E-state index in [-0.39, 0.29) is 24.3 Å². The number of rotatable bonds is 6. The molecule has 1 fully saturated rings. The van der Waals surface area contributed by atoms with E-state index < -0.39 is 0 Å². The average Bonchev–Trinajstić information content (AvgIpc) is 3.30. The summed E-state index contributed by atoms with van der Waals surface area (Å²) in [6, 6.07) is 19.0. The van der Waals surface area contributed by atoms with E-state index in [1.807, 2.05) is 61.5 Å². The smallest absolute Gasteiger partial charge is 0.293 e. The maximum Gasteiger partial charge on any atom is 0.293 e. The molecule has 1 aliphatic rings. The zero-order chi connectivity index (χ0) is 21.1. The predicted octanol–water partition coefficient (Wildman–Crippen LogP) is 6.13. The van der Waals surface area contributed by atoms with Gasteiger partial charge in [0.05, 0.1) is 11.4 Å². The summed E-state index contributed by atoms with van der Waals surface area (Å²) in [5, 5.41) is -0.307. The molecule has 0 atom stereocenters. The zero-order valence-electron chi connectivity index (χ0n) is 16.1. The number of nitrogens with zero attached hydrogens (tertiary/aromatic N) is 1. The Morgan fingerprint density at radius 2 is 1.77 bits per heavy atom. The van der Waals surface area contributed by atoms with Gasteiger partial charge in [0.2, 0.25) is 0 Å². The molecule has 1 saturated heterocycles. The van der Waals surface area contributed by atoms with Gasteiger partial charge in [0, 0.05) is 16.1 Å². The first-order chi connectivity index (χ1) is 14.5. The van der Waals surface area contributed by atoms with E-state index in [2.05, 4.69) is 15.9 Å². The fourth-order valence-corrected chi connectivity index (χ4v) is 4.02. The number of hydrogen-bond donors (Lipinski definition) is 0. The average molecular weight is 484 g/mol. The Bertz CT molecular complexity index is 1100. The number of aryl methyl sites for hydroxylation is 1. The van der Waals surface area contributed by atoms with Crippen LogP contribution in [0.2, 0.25) is 0 Å². The van der Waals surface area contributed by atoms with Crippen molar-refractivity contribution in [2.45, 2.75) is 6.92 Å². The Kier molecular flexibility index (Phi) is 6.11. The van der Waals surface area contributed by atoms with Gasteiger partial charge in [-0.3, -0.25) is 14.5 Å². The first-order valence-corrected chi connectivity index (χ1v) is 10.9. The summed E-state index contributed by atoms with van der Waals surface area (Å²) in [4.78, 5) is 26.4. The van der Waals surface area contributed by atoms with E-state index in [0.717, 1.165) is 27.4 Å². The van der Waals surface area contributed by atoms with Crippen molar-refractivity contribution < 1.29 is 18.7 Å². The topological polar surface area (TPSA) is 59.8 Å². The number of carbonyl (C=O) groups excluding carboxylic acids is 2. The molecule has 1 aromatic heterocycles. The number of imide groups is 1. The number of carbonyl (C=O) groups is 2. The third-order valence-corrected chi connectivity index (χ3v) is 5.94. The molecule has 0 aliphatic carbocycles. The molecule has 0 spiro atoms. The molecule has 3 aromatic rings. The van der Waals surface area contributed by atoms with Crippen LogP contribution in [0.5, 0.6) is 5.75 Å². The van der Waals surface area contributed by atoms with Crippen molar-refractivity contribution in [3.05, 3.63) is 81.4 Å². The lowest BCUT2D eigenvalue weighted by Crippen LogP contribution is -2.32. The van der Waals surface area contributed by atoms with Gasteiger partial charge in [0.1, 0.15) is 23.9 Å². The minimum absolute atomic E-state index is 0.193. The monoisotopic (exact) mass is 483 g/mol. The highest BCUT2D eigenvalue weighted by Crippen LogP contribution is 2.33. The highest BCUT2D eigenvalue weighted by molar-refractivity contribution is 9.10. The van der Waals surface area contributed by atoms with Crippen molar-refractivity contribution in [1.29, 1.82) is 0 Å². The summed E-state index contributed by atoms with van der Waals surface area (Å²) in [5.74, 6) is 1.59. The number of hydrogen-bond acceptors (Lipinski definition) is 5. The first kappa shape index (κ1) is 20.5. The Morgan fingerprint density at radius 3 is 2.50 bits per heavy atom. The largest absolute Gasteiger partial charge is 0.492 e. The molecule has 0 bridgehead atoms. The SMILES string of the molecule is Cc1ccc(OCCN2C(=O)S/C(=C\c3ccc(-c4ccc(Br)cc4)o3)C2=O)cc1.